The minimum atomic E-state index is 0.00969. The van der Waals surface area contributed by atoms with Crippen LogP contribution in [0.15, 0.2) is 66.7 Å². The second kappa shape index (κ2) is 9.39. The molecule has 1 aliphatic rings. The van der Waals surface area contributed by atoms with E-state index in [0.29, 0.717) is 18.8 Å². The lowest BCUT2D eigenvalue weighted by atomic mass is 10.1. The number of amides is 1. The Balaban J connectivity index is 1.29. The molecule has 6 heteroatoms. The highest BCUT2D eigenvalue weighted by Crippen LogP contribution is 2.20. The van der Waals surface area contributed by atoms with E-state index in [0.717, 1.165) is 36.6 Å². The Labute approximate surface area is 177 Å². The molecule has 0 unspecified atom stereocenters. The highest BCUT2D eigenvalue weighted by atomic mass is 16.5. The Morgan fingerprint density at radius 2 is 1.63 bits per heavy atom. The molecule has 1 saturated heterocycles. The topological polar surface area (TPSA) is 58.6 Å². The Morgan fingerprint density at radius 1 is 0.900 bits per heavy atom. The zero-order chi connectivity index (χ0) is 20.8. The summed E-state index contributed by atoms with van der Waals surface area (Å²) >= 11 is 0. The van der Waals surface area contributed by atoms with E-state index in [-0.39, 0.29) is 12.5 Å². The third-order valence-corrected chi connectivity index (χ3v) is 5.37. The van der Waals surface area contributed by atoms with Crippen LogP contribution in [0.2, 0.25) is 0 Å². The lowest BCUT2D eigenvalue weighted by Gasteiger charge is -2.35. The number of hydrogen-bond acceptors (Lipinski definition) is 5. The number of carbonyl (C=O) groups is 1. The van der Waals surface area contributed by atoms with Gasteiger partial charge in [-0.25, -0.2) is 0 Å². The molecule has 2 heterocycles. The molecule has 0 N–H and O–H groups in total. The Bertz CT molecular complexity index is 951. The van der Waals surface area contributed by atoms with Gasteiger partial charge in [-0.15, -0.1) is 10.2 Å². The second-order valence-electron chi connectivity index (χ2n) is 7.30. The van der Waals surface area contributed by atoms with Crippen LogP contribution in [-0.2, 0) is 11.2 Å². The fraction of sp³-hybridized carbons (Fsp3) is 0.292. The van der Waals surface area contributed by atoms with Gasteiger partial charge in [0.1, 0.15) is 5.75 Å². The second-order valence-corrected chi connectivity index (χ2v) is 7.30. The number of piperazine rings is 1. The van der Waals surface area contributed by atoms with Crippen molar-refractivity contribution in [1.82, 2.24) is 15.1 Å². The van der Waals surface area contributed by atoms with Gasteiger partial charge in [0.15, 0.2) is 12.4 Å². The van der Waals surface area contributed by atoms with Crippen molar-refractivity contribution >= 4 is 11.7 Å². The van der Waals surface area contributed by atoms with E-state index in [1.54, 1.807) is 0 Å². The van der Waals surface area contributed by atoms with Crippen LogP contribution in [0.1, 0.15) is 12.5 Å². The van der Waals surface area contributed by atoms with Crippen molar-refractivity contribution in [2.75, 3.05) is 37.7 Å². The van der Waals surface area contributed by atoms with Gasteiger partial charge in [0.05, 0.1) is 5.69 Å². The number of aryl methyl sites for hydroxylation is 1. The summed E-state index contributed by atoms with van der Waals surface area (Å²) < 4.78 is 5.58. The minimum absolute atomic E-state index is 0.00969. The Kier molecular flexibility index (Phi) is 6.23. The highest BCUT2D eigenvalue weighted by Gasteiger charge is 2.22. The van der Waals surface area contributed by atoms with Crippen molar-refractivity contribution < 1.29 is 9.53 Å². The lowest BCUT2D eigenvalue weighted by Crippen LogP contribution is -2.50. The van der Waals surface area contributed by atoms with Gasteiger partial charge < -0.3 is 14.5 Å². The van der Waals surface area contributed by atoms with E-state index in [9.17, 15) is 4.79 Å². The maximum absolute atomic E-state index is 12.4. The van der Waals surface area contributed by atoms with Gasteiger partial charge in [-0.1, -0.05) is 49.4 Å². The maximum atomic E-state index is 12.4. The summed E-state index contributed by atoms with van der Waals surface area (Å²) in [4.78, 5) is 16.4. The first-order valence-corrected chi connectivity index (χ1v) is 10.4. The number of para-hydroxylation sites is 1. The molecule has 1 aliphatic heterocycles. The summed E-state index contributed by atoms with van der Waals surface area (Å²) in [6.45, 7) is 4.98. The molecule has 0 bridgehead atoms. The summed E-state index contributed by atoms with van der Waals surface area (Å²) in [6.07, 6.45) is 1.03. The molecular weight excluding hydrogens is 376 g/mol. The van der Waals surface area contributed by atoms with Gasteiger partial charge in [-0.3, -0.25) is 4.79 Å². The summed E-state index contributed by atoms with van der Waals surface area (Å²) in [5, 5.41) is 8.82. The number of hydrogen-bond donors (Lipinski definition) is 0. The van der Waals surface area contributed by atoms with Gasteiger partial charge >= 0.3 is 0 Å². The molecule has 4 rings (SSSR count). The van der Waals surface area contributed by atoms with E-state index in [1.807, 2.05) is 47.4 Å². The summed E-state index contributed by atoms with van der Waals surface area (Å²) in [5.41, 5.74) is 3.25. The molecule has 0 saturated carbocycles. The average molecular weight is 402 g/mol. The van der Waals surface area contributed by atoms with Crippen LogP contribution in [0.25, 0.3) is 11.3 Å². The molecule has 30 heavy (non-hydrogen) atoms. The van der Waals surface area contributed by atoms with Gasteiger partial charge in [-0.05, 0) is 36.2 Å². The molecule has 3 aromatic rings. The normalized spacial score (nSPS) is 13.9. The molecule has 6 nitrogen and oxygen atoms in total. The van der Waals surface area contributed by atoms with Crippen LogP contribution in [0, 0.1) is 0 Å². The van der Waals surface area contributed by atoms with Gasteiger partial charge in [0.2, 0.25) is 0 Å². The van der Waals surface area contributed by atoms with Crippen molar-refractivity contribution in [2.24, 2.45) is 0 Å². The van der Waals surface area contributed by atoms with Crippen LogP contribution < -0.4 is 9.64 Å². The van der Waals surface area contributed by atoms with Crippen molar-refractivity contribution in [3.05, 3.63) is 72.3 Å². The molecule has 1 amide bonds. The lowest BCUT2D eigenvalue weighted by molar-refractivity contribution is -0.133. The number of aromatic nitrogens is 2. The van der Waals surface area contributed by atoms with Crippen molar-refractivity contribution in [2.45, 2.75) is 13.3 Å². The first-order valence-electron chi connectivity index (χ1n) is 10.4. The zero-order valence-corrected chi connectivity index (χ0v) is 17.2. The van der Waals surface area contributed by atoms with Crippen molar-refractivity contribution in [3.63, 3.8) is 0 Å². The third kappa shape index (κ3) is 4.76. The van der Waals surface area contributed by atoms with Gasteiger partial charge in [-0.2, -0.15) is 0 Å². The predicted molar refractivity (Wildman–Crippen MR) is 118 cm³/mol. The van der Waals surface area contributed by atoms with Crippen LogP contribution >= 0.6 is 0 Å². The van der Waals surface area contributed by atoms with Crippen molar-refractivity contribution in [1.29, 1.82) is 0 Å². The molecule has 154 valence electrons. The summed E-state index contributed by atoms with van der Waals surface area (Å²) in [7, 11) is 0. The summed E-state index contributed by atoms with van der Waals surface area (Å²) in [6, 6.07) is 21.9. The van der Waals surface area contributed by atoms with E-state index < -0.39 is 0 Å². The molecule has 0 atom stereocenters. The summed E-state index contributed by atoms with van der Waals surface area (Å²) in [5.74, 6) is 1.57. The van der Waals surface area contributed by atoms with E-state index >= 15 is 0 Å². The van der Waals surface area contributed by atoms with E-state index in [2.05, 4.69) is 46.3 Å². The fourth-order valence-corrected chi connectivity index (χ4v) is 3.50. The predicted octanol–water partition coefficient (Wildman–Crippen LogP) is 3.43. The maximum Gasteiger partial charge on any atom is 0.260 e. The van der Waals surface area contributed by atoms with Crippen LogP contribution in [0.3, 0.4) is 0 Å². The monoisotopic (exact) mass is 402 g/mol. The third-order valence-electron chi connectivity index (χ3n) is 5.37. The number of carbonyl (C=O) groups excluding carboxylic acids is 1. The number of nitrogens with zero attached hydrogens (tertiary/aromatic N) is 4. The largest absolute Gasteiger partial charge is 0.484 e. The molecule has 0 radical (unpaired) electrons. The molecular formula is C24H26N4O2. The van der Waals surface area contributed by atoms with E-state index in [4.69, 9.17) is 4.74 Å². The van der Waals surface area contributed by atoms with E-state index in [1.165, 1.54) is 5.56 Å². The van der Waals surface area contributed by atoms with Crippen molar-refractivity contribution in [3.8, 4) is 17.0 Å². The highest BCUT2D eigenvalue weighted by molar-refractivity contribution is 5.78. The first-order chi connectivity index (χ1) is 14.7. The first kappa shape index (κ1) is 19.9. The van der Waals surface area contributed by atoms with Crippen LogP contribution in [-0.4, -0.2) is 53.8 Å². The SMILES string of the molecule is CCc1ccc(-c2ccc(N3CCN(C(=O)COc4ccccc4)CC3)nn2)cc1. The van der Waals surface area contributed by atoms with Crippen LogP contribution in [0.5, 0.6) is 5.75 Å². The zero-order valence-electron chi connectivity index (χ0n) is 17.2. The standard InChI is InChI=1S/C24H26N4O2/c1-2-19-8-10-20(11-9-19)22-12-13-23(26-25-22)27-14-16-28(17-15-27)24(29)18-30-21-6-4-3-5-7-21/h3-13H,2,14-18H2,1H3. The molecule has 1 fully saturated rings. The molecule has 0 aliphatic carbocycles. The van der Waals surface area contributed by atoms with Crippen LogP contribution in [0.4, 0.5) is 5.82 Å². The number of anilines is 1. The smallest absolute Gasteiger partial charge is 0.260 e. The van der Waals surface area contributed by atoms with Gasteiger partial charge in [0.25, 0.3) is 5.91 Å². The molecule has 2 aromatic carbocycles. The number of benzene rings is 2. The van der Waals surface area contributed by atoms with Gasteiger partial charge in [0, 0.05) is 31.7 Å². The number of ether oxygens (including phenoxy) is 1. The molecule has 0 spiro atoms. The minimum Gasteiger partial charge on any atom is -0.484 e. The fourth-order valence-electron chi connectivity index (χ4n) is 3.50. The Hall–Kier alpha value is -3.41. The quantitative estimate of drug-likeness (QED) is 0.632. The number of rotatable bonds is 6. The molecule has 1 aromatic heterocycles. The Morgan fingerprint density at radius 3 is 2.27 bits per heavy atom. The average Bonchev–Trinajstić information content (AvgIpc) is 2.83.